The van der Waals surface area contributed by atoms with Crippen molar-refractivity contribution in [2.24, 2.45) is 5.92 Å². The lowest BCUT2D eigenvalue weighted by molar-refractivity contribution is 0.0697. The van der Waals surface area contributed by atoms with Crippen molar-refractivity contribution in [2.75, 3.05) is 11.9 Å². The van der Waals surface area contributed by atoms with E-state index in [0.717, 1.165) is 6.54 Å². The summed E-state index contributed by atoms with van der Waals surface area (Å²) in [6.45, 7) is 0.722. The molecule has 0 saturated heterocycles. The third-order valence-corrected chi connectivity index (χ3v) is 2.49. The monoisotopic (exact) mass is 209 g/mol. The smallest absolute Gasteiger partial charge is 0.335 e. The molecule has 15 heavy (non-hydrogen) atoms. The van der Waals surface area contributed by atoms with Crippen molar-refractivity contribution in [1.82, 2.24) is 0 Å². The van der Waals surface area contributed by atoms with Gasteiger partial charge in [-0.2, -0.15) is 0 Å². The molecule has 0 amide bonds. The van der Waals surface area contributed by atoms with Gasteiger partial charge in [-0.3, -0.25) is 0 Å². The van der Waals surface area contributed by atoms with Gasteiger partial charge in [0, 0.05) is 6.54 Å². The number of rotatable bonds is 4. The molecule has 1 aliphatic rings. The summed E-state index contributed by atoms with van der Waals surface area (Å²) in [6.07, 6.45) is 2.35. The van der Waals surface area contributed by atoms with Gasteiger partial charge in [0.15, 0.2) is 0 Å². The molecular formula is C11H12FNO2. The first-order valence-electron chi connectivity index (χ1n) is 4.93. The lowest BCUT2D eigenvalue weighted by Gasteiger charge is -2.07. The van der Waals surface area contributed by atoms with Crippen LogP contribution in [-0.2, 0) is 0 Å². The Morgan fingerprint density at radius 1 is 1.53 bits per heavy atom. The topological polar surface area (TPSA) is 49.3 Å². The maximum atomic E-state index is 13.2. The third kappa shape index (κ3) is 2.46. The minimum Gasteiger partial charge on any atom is -0.478 e. The van der Waals surface area contributed by atoms with E-state index in [1.54, 1.807) is 0 Å². The van der Waals surface area contributed by atoms with Crippen molar-refractivity contribution < 1.29 is 14.3 Å². The average molecular weight is 209 g/mol. The quantitative estimate of drug-likeness (QED) is 0.800. The molecular weight excluding hydrogens is 197 g/mol. The van der Waals surface area contributed by atoms with Crippen LogP contribution < -0.4 is 5.32 Å². The number of halogens is 1. The summed E-state index contributed by atoms with van der Waals surface area (Å²) < 4.78 is 13.2. The number of carbonyl (C=O) groups is 1. The molecule has 2 N–H and O–H groups in total. The Kier molecular flexibility index (Phi) is 2.58. The van der Waals surface area contributed by atoms with Crippen LogP contribution in [0.2, 0.25) is 0 Å². The molecule has 80 valence electrons. The second-order valence-corrected chi connectivity index (χ2v) is 3.82. The number of aromatic carboxylic acids is 1. The molecule has 4 heteroatoms. The molecule has 2 rings (SSSR count). The first-order chi connectivity index (χ1) is 7.16. The van der Waals surface area contributed by atoms with Crippen LogP contribution in [0.4, 0.5) is 10.1 Å². The Balaban J connectivity index is 2.12. The van der Waals surface area contributed by atoms with E-state index < -0.39 is 11.8 Å². The van der Waals surface area contributed by atoms with Gasteiger partial charge in [0.05, 0.1) is 11.3 Å². The van der Waals surface area contributed by atoms with E-state index in [4.69, 9.17) is 5.11 Å². The van der Waals surface area contributed by atoms with Crippen molar-refractivity contribution in [3.05, 3.63) is 29.6 Å². The predicted octanol–water partition coefficient (Wildman–Crippen LogP) is 2.35. The zero-order chi connectivity index (χ0) is 10.8. The van der Waals surface area contributed by atoms with Crippen LogP contribution in [0.15, 0.2) is 18.2 Å². The summed E-state index contributed by atoms with van der Waals surface area (Å²) in [7, 11) is 0. The van der Waals surface area contributed by atoms with Crippen LogP contribution >= 0.6 is 0 Å². The highest BCUT2D eigenvalue weighted by Crippen LogP contribution is 2.29. The summed E-state index contributed by atoms with van der Waals surface area (Å²) in [5, 5.41) is 11.7. The van der Waals surface area contributed by atoms with E-state index in [9.17, 15) is 9.18 Å². The van der Waals surface area contributed by atoms with E-state index in [1.807, 2.05) is 0 Å². The van der Waals surface area contributed by atoms with E-state index in [0.29, 0.717) is 5.92 Å². The highest BCUT2D eigenvalue weighted by Gasteiger charge is 2.21. The molecule has 0 spiro atoms. The number of benzene rings is 1. The van der Waals surface area contributed by atoms with Gasteiger partial charge in [0.2, 0.25) is 0 Å². The van der Waals surface area contributed by atoms with E-state index >= 15 is 0 Å². The zero-order valence-corrected chi connectivity index (χ0v) is 8.16. The fraction of sp³-hybridized carbons (Fsp3) is 0.364. The Morgan fingerprint density at radius 3 is 2.87 bits per heavy atom. The Labute approximate surface area is 86.9 Å². The van der Waals surface area contributed by atoms with Gasteiger partial charge in [0.25, 0.3) is 0 Å². The standard InChI is InChI=1S/C11H12FNO2/c12-9-4-3-8(11(14)15)5-10(9)13-6-7-1-2-7/h3-5,7,13H,1-2,6H2,(H,14,15). The number of carboxylic acid groups (broad SMARTS) is 1. The van der Waals surface area contributed by atoms with Crippen LogP contribution in [0.3, 0.4) is 0 Å². The summed E-state index contributed by atoms with van der Waals surface area (Å²) in [5.74, 6) is -0.817. The summed E-state index contributed by atoms with van der Waals surface area (Å²) in [5.41, 5.74) is 0.386. The lowest BCUT2D eigenvalue weighted by Crippen LogP contribution is -2.06. The van der Waals surface area contributed by atoms with E-state index in [1.165, 1.54) is 31.0 Å². The number of carboxylic acids is 1. The summed E-state index contributed by atoms with van der Waals surface area (Å²) in [4.78, 5) is 10.7. The van der Waals surface area contributed by atoms with Crippen LogP contribution in [0.1, 0.15) is 23.2 Å². The van der Waals surface area contributed by atoms with Gasteiger partial charge >= 0.3 is 5.97 Å². The average Bonchev–Trinajstić information content (AvgIpc) is 3.00. The first-order valence-corrected chi connectivity index (χ1v) is 4.93. The van der Waals surface area contributed by atoms with E-state index in [2.05, 4.69) is 5.32 Å². The first kappa shape index (κ1) is 9.96. The Morgan fingerprint density at radius 2 is 2.27 bits per heavy atom. The second-order valence-electron chi connectivity index (χ2n) is 3.82. The van der Waals surface area contributed by atoms with Crippen molar-refractivity contribution in [2.45, 2.75) is 12.8 Å². The molecule has 0 aromatic heterocycles. The molecule has 0 aliphatic heterocycles. The minimum absolute atomic E-state index is 0.106. The number of hydrogen-bond donors (Lipinski definition) is 2. The van der Waals surface area contributed by atoms with Gasteiger partial charge in [-0.05, 0) is 37.0 Å². The van der Waals surface area contributed by atoms with Gasteiger partial charge in [0.1, 0.15) is 5.82 Å². The second kappa shape index (κ2) is 3.88. The van der Waals surface area contributed by atoms with Gasteiger partial charge in [-0.15, -0.1) is 0 Å². The molecule has 3 nitrogen and oxygen atoms in total. The lowest BCUT2D eigenvalue weighted by atomic mass is 10.2. The molecule has 0 unspecified atom stereocenters. The molecule has 0 atom stereocenters. The normalized spacial score (nSPS) is 15.0. The fourth-order valence-electron chi connectivity index (χ4n) is 1.37. The Hall–Kier alpha value is -1.58. The number of nitrogens with one attached hydrogen (secondary N) is 1. The molecule has 0 bridgehead atoms. The molecule has 1 aromatic rings. The fourth-order valence-corrected chi connectivity index (χ4v) is 1.37. The zero-order valence-electron chi connectivity index (χ0n) is 8.16. The SMILES string of the molecule is O=C(O)c1ccc(F)c(NCC2CC2)c1. The van der Waals surface area contributed by atoms with E-state index in [-0.39, 0.29) is 11.3 Å². The molecule has 0 heterocycles. The summed E-state index contributed by atoms with van der Waals surface area (Å²) in [6, 6.07) is 3.78. The van der Waals surface area contributed by atoms with Crippen LogP contribution in [0.25, 0.3) is 0 Å². The van der Waals surface area contributed by atoms with Crippen molar-refractivity contribution >= 4 is 11.7 Å². The molecule has 1 saturated carbocycles. The van der Waals surface area contributed by atoms with Gasteiger partial charge < -0.3 is 10.4 Å². The van der Waals surface area contributed by atoms with Crippen molar-refractivity contribution in [3.8, 4) is 0 Å². The van der Waals surface area contributed by atoms with Crippen LogP contribution in [0.5, 0.6) is 0 Å². The van der Waals surface area contributed by atoms with Gasteiger partial charge in [-0.1, -0.05) is 0 Å². The largest absolute Gasteiger partial charge is 0.478 e. The number of hydrogen-bond acceptors (Lipinski definition) is 2. The molecule has 0 radical (unpaired) electrons. The molecule has 1 fully saturated rings. The number of anilines is 1. The Bertz CT molecular complexity index is 388. The maximum Gasteiger partial charge on any atom is 0.335 e. The van der Waals surface area contributed by atoms with Gasteiger partial charge in [-0.25, -0.2) is 9.18 Å². The van der Waals surface area contributed by atoms with Crippen molar-refractivity contribution in [3.63, 3.8) is 0 Å². The molecule has 1 aromatic carbocycles. The highest BCUT2D eigenvalue weighted by atomic mass is 19.1. The molecule has 1 aliphatic carbocycles. The maximum absolute atomic E-state index is 13.2. The third-order valence-electron chi connectivity index (χ3n) is 2.49. The minimum atomic E-state index is -1.04. The predicted molar refractivity (Wildman–Crippen MR) is 54.6 cm³/mol. The highest BCUT2D eigenvalue weighted by molar-refractivity contribution is 5.88. The van der Waals surface area contributed by atoms with Crippen molar-refractivity contribution in [1.29, 1.82) is 0 Å². The van der Waals surface area contributed by atoms with Crippen LogP contribution in [0, 0.1) is 11.7 Å². The summed E-state index contributed by atoms with van der Waals surface area (Å²) >= 11 is 0. The van der Waals surface area contributed by atoms with Crippen LogP contribution in [-0.4, -0.2) is 17.6 Å².